The Morgan fingerprint density at radius 1 is 0.568 bits per heavy atom. The Balaban J connectivity index is 1.47. The smallest absolute Gasteiger partial charge is 0.0497 e. The van der Waals surface area contributed by atoms with E-state index in [4.69, 9.17) is 0 Å². The first-order valence-corrected chi connectivity index (χ1v) is 13.2. The highest BCUT2D eigenvalue weighted by Crippen LogP contribution is 2.38. The number of anilines is 3. The molecule has 0 atom stereocenters. The van der Waals surface area contributed by atoms with Crippen molar-refractivity contribution >= 4 is 38.9 Å². The van der Waals surface area contributed by atoms with Crippen molar-refractivity contribution in [1.82, 2.24) is 4.57 Å². The summed E-state index contributed by atoms with van der Waals surface area (Å²) in [6.45, 7) is 7.65. The number of hydrogen-bond acceptors (Lipinski definition) is 1. The van der Waals surface area contributed by atoms with Gasteiger partial charge in [-0.3, -0.25) is 0 Å². The Bertz CT molecular complexity index is 1670. The highest BCUT2D eigenvalue weighted by atomic mass is 15.1. The molecule has 0 saturated carbocycles. The monoisotopic (exact) mass is 480 g/mol. The summed E-state index contributed by atoms with van der Waals surface area (Å²) < 4.78 is 2.42. The first kappa shape index (κ1) is 23.1. The molecule has 6 aromatic rings. The first-order valence-electron chi connectivity index (χ1n) is 13.2. The molecular formula is C35H32N2. The molecule has 2 nitrogen and oxygen atoms in total. The average molecular weight is 481 g/mol. The number of fused-ring (bicyclic) bond motifs is 3. The fourth-order valence-corrected chi connectivity index (χ4v) is 5.43. The molecule has 0 bridgehead atoms. The van der Waals surface area contributed by atoms with Crippen LogP contribution in [0.4, 0.5) is 17.1 Å². The lowest BCUT2D eigenvalue weighted by atomic mass is 10.0. The second-order valence-electron chi connectivity index (χ2n) is 9.96. The summed E-state index contributed by atoms with van der Waals surface area (Å²) in [5, 5.41) is 2.63. The summed E-state index contributed by atoms with van der Waals surface area (Å²) in [4.78, 5) is 2.34. The number of aromatic nitrogens is 1. The van der Waals surface area contributed by atoms with Gasteiger partial charge in [0.2, 0.25) is 0 Å². The van der Waals surface area contributed by atoms with Gasteiger partial charge in [-0.15, -0.1) is 0 Å². The van der Waals surface area contributed by atoms with Gasteiger partial charge in [0.15, 0.2) is 0 Å². The Morgan fingerprint density at radius 2 is 1.22 bits per heavy atom. The third-order valence-electron chi connectivity index (χ3n) is 7.36. The van der Waals surface area contributed by atoms with E-state index in [1.807, 2.05) is 0 Å². The predicted octanol–water partition coefficient (Wildman–Crippen LogP) is 10.1. The van der Waals surface area contributed by atoms with Gasteiger partial charge in [-0.25, -0.2) is 0 Å². The van der Waals surface area contributed by atoms with E-state index in [-0.39, 0.29) is 0 Å². The van der Waals surface area contributed by atoms with Crippen molar-refractivity contribution < 1.29 is 0 Å². The zero-order chi connectivity index (χ0) is 25.4. The summed E-state index contributed by atoms with van der Waals surface area (Å²) in [6, 6.07) is 44.1. The van der Waals surface area contributed by atoms with Crippen molar-refractivity contribution in [1.29, 1.82) is 0 Å². The van der Waals surface area contributed by atoms with Gasteiger partial charge >= 0.3 is 0 Å². The van der Waals surface area contributed by atoms with Crippen LogP contribution in [-0.4, -0.2) is 4.57 Å². The Hall–Kier alpha value is -4.30. The molecule has 0 spiro atoms. The molecule has 0 N–H and O–H groups in total. The van der Waals surface area contributed by atoms with Crippen molar-refractivity contribution in [2.24, 2.45) is 0 Å². The normalized spacial score (nSPS) is 11.5. The topological polar surface area (TPSA) is 8.17 Å². The maximum atomic E-state index is 2.42. The highest BCUT2D eigenvalue weighted by Gasteiger charge is 2.15. The SMILES string of the molecule is CCn1c2ccccc2c2ccc(-c3cccc(N(c4ccccc4)c4ccc(C(C)C)cc4)c3)cc21. The Morgan fingerprint density at radius 3 is 1.97 bits per heavy atom. The summed E-state index contributed by atoms with van der Waals surface area (Å²) >= 11 is 0. The Kier molecular flexibility index (Phi) is 6.02. The van der Waals surface area contributed by atoms with Gasteiger partial charge < -0.3 is 9.47 Å². The molecular weight excluding hydrogens is 448 g/mol. The fraction of sp³-hybridized carbons (Fsp3) is 0.143. The van der Waals surface area contributed by atoms with E-state index < -0.39 is 0 Å². The van der Waals surface area contributed by atoms with Crippen LogP contribution in [0.3, 0.4) is 0 Å². The molecule has 2 heteroatoms. The van der Waals surface area contributed by atoms with Crippen molar-refractivity contribution in [3.05, 3.63) is 127 Å². The molecule has 0 amide bonds. The minimum atomic E-state index is 0.510. The molecule has 37 heavy (non-hydrogen) atoms. The minimum absolute atomic E-state index is 0.510. The molecule has 0 fully saturated rings. The van der Waals surface area contributed by atoms with E-state index >= 15 is 0 Å². The number of para-hydroxylation sites is 2. The largest absolute Gasteiger partial charge is 0.341 e. The third kappa shape index (κ3) is 4.19. The zero-order valence-corrected chi connectivity index (χ0v) is 21.7. The molecule has 0 radical (unpaired) electrons. The van der Waals surface area contributed by atoms with Crippen LogP contribution >= 0.6 is 0 Å². The molecule has 182 valence electrons. The van der Waals surface area contributed by atoms with Gasteiger partial charge in [0.1, 0.15) is 0 Å². The first-order chi connectivity index (χ1) is 18.1. The maximum absolute atomic E-state index is 2.42. The van der Waals surface area contributed by atoms with Gasteiger partial charge in [0.25, 0.3) is 0 Å². The summed E-state index contributed by atoms with van der Waals surface area (Å²) in [7, 11) is 0. The molecule has 1 heterocycles. The maximum Gasteiger partial charge on any atom is 0.0497 e. The standard InChI is InChI=1S/C35H32N2/c1-4-36-34-16-9-8-15-32(34)33-22-19-28(24-35(33)36)27-11-10-14-31(23-27)37(29-12-6-5-7-13-29)30-20-17-26(18-21-30)25(2)3/h5-25H,4H2,1-3H3. The average Bonchev–Trinajstić information content (AvgIpc) is 3.27. The third-order valence-corrected chi connectivity index (χ3v) is 7.36. The van der Waals surface area contributed by atoms with E-state index in [2.05, 4.69) is 152 Å². The molecule has 0 aliphatic carbocycles. The van der Waals surface area contributed by atoms with Gasteiger partial charge in [0.05, 0.1) is 0 Å². The molecule has 0 unspecified atom stereocenters. The molecule has 6 rings (SSSR count). The highest BCUT2D eigenvalue weighted by molar-refractivity contribution is 6.09. The number of rotatable bonds is 6. The summed E-state index contributed by atoms with van der Waals surface area (Å²) in [6.07, 6.45) is 0. The van der Waals surface area contributed by atoms with Crippen molar-refractivity contribution in [3.63, 3.8) is 0 Å². The minimum Gasteiger partial charge on any atom is -0.341 e. The van der Waals surface area contributed by atoms with E-state index in [1.54, 1.807) is 0 Å². The number of aryl methyl sites for hydroxylation is 1. The summed E-state index contributed by atoms with van der Waals surface area (Å²) in [5.74, 6) is 0.510. The van der Waals surface area contributed by atoms with Gasteiger partial charge in [-0.05, 0) is 78.1 Å². The van der Waals surface area contributed by atoms with E-state index in [9.17, 15) is 0 Å². The van der Waals surface area contributed by atoms with Crippen LogP contribution < -0.4 is 4.90 Å². The van der Waals surface area contributed by atoms with E-state index in [1.165, 1.54) is 38.5 Å². The van der Waals surface area contributed by atoms with E-state index in [0.29, 0.717) is 5.92 Å². The van der Waals surface area contributed by atoms with Crippen LogP contribution in [0.1, 0.15) is 32.3 Å². The second kappa shape index (κ2) is 9.63. The van der Waals surface area contributed by atoms with Gasteiger partial charge in [-0.2, -0.15) is 0 Å². The molecule has 5 aromatic carbocycles. The Labute approximate surface area is 219 Å². The van der Waals surface area contributed by atoms with Gasteiger partial charge in [-0.1, -0.05) is 86.6 Å². The number of hydrogen-bond donors (Lipinski definition) is 0. The lowest BCUT2D eigenvalue weighted by molar-refractivity contribution is 0.827. The van der Waals surface area contributed by atoms with Crippen molar-refractivity contribution in [2.75, 3.05) is 4.90 Å². The van der Waals surface area contributed by atoms with Crippen LogP contribution in [0, 0.1) is 0 Å². The molecule has 0 aliphatic rings. The zero-order valence-electron chi connectivity index (χ0n) is 21.7. The number of benzene rings is 5. The summed E-state index contributed by atoms with van der Waals surface area (Å²) in [5.41, 5.74) is 9.85. The predicted molar refractivity (Wildman–Crippen MR) is 159 cm³/mol. The molecule has 0 aliphatic heterocycles. The number of nitrogens with zero attached hydrogens (tertiary/aromatic N) is 2. The second-order valence-corrected chi connectivity index (χ2v) is 9.96. The fourth-order valence-electron chi connectivity index (χ4n) is 5.43. The van der Waals surface area contributed by atoms with Crippen LogP contribution in [0.5, 0.6) is 0 Å². The van der Waals surface area contributed by atoms with Crippen LogP contribution in [0.15, 0.2) is 121 Å². The van der Waals surface area contributed by atoms with Crippen LogP contribution in [0.2, 0.25) is 0 Å². The lowest BCUT2D eigenvalue weighted by Crippen LogP contribution is -2.10. The quantitative estimate of drug-likeness (QED) is 0.230. The van der Waals surface area contributed by atoms with Gasteiger partial charge in [0, 0.05) is 45.4 Å². The molecule has 0 saturated heterocycles. The molecule has 1 aromatic heterocycles. The van der Waals surface area contributed by atoms with Crippen LogP contribution in [-0.2, 0) is 6.54 Å². The van der Waals surface area contributed by atoms with Crippen LogP contribution in [0.25, 0.3) is 32.9 Å². The van der Waals surface area contributed by atoms with Crippen molar-refractivity contribution in [2.45, 2.75) is 33.2 Å². The lowest BCUT2D eigenvalue weighted by Gasteiger charge is -2.26. The van der Waals surface area contributed by atoms with Crippen molar-refractivity contribution in [3.8, 4) is 11.1 Å². The van der Waals surface area contributed by atoms with E-state index in [0.717, 1.165) is 23.6 Å².